The molecule has 0 saturated heterocycles. The molecular weight excluding hydrogens is 195 g/mol. The highest BCUT2D eigenvalue weighted by molar-refractivity contribution is 4.75. The van der Waals surface area contributed by atoms with Crippen molar-refractivity contribution >= 4 is 0 Å². The second kappa shape index (κ2) is 5.56. The van der Waals surface area contributed by atoms with Crippen LogP contribution >= 0.6 is 0 Å². The summed E-state index contributed by atoms with van der Waals surface area (Å²) >= 11 is 0. The van der Waals surface area contributed by atoms with Gasteiger partial charge >= 0.3 is 6.18 Å². The summed E-state index contributed by atoms with van der Waals surface area (Å²) in [5.41, 5.74) is -0.500. The van der Waals surface area contributed by atoms with E-state index in [9.17, 15) is 13.2 Å². The molecule has 0 spiro atoms. The van der Waals surface area contributed by atoms with Crippen molar-refractivity contribution in [2.24, 2.45) is 0 Å². The van der Waals surface area contributed by atoms with Crippen LogP contribution in [0.4, 0.5) is 13.2 Å². The highest BCUT2D eigenvalue weighted by atomic mass is 19.4. The number of halogens is 3. The third-order valence-electron chi connectivity index (χ3n) is 2.13. The van der Waals surface area contributed by atoms with Gasteiger partial charge in [0.05, 0.1) is 18.6 Å². The summed E-state index contributed by atoms with van der Waals surface area (Å²) in [6.45, 7) is 3.99. The predicted octanol–water partition coefficient (Wildman–Crippen LogP) is 2.34. The van der Waals surface area contributed by atoms with Crippen LogP contribution in [0.2, 0.25) is 0 Å². The van der Waals surface area contributed by atoms with Crippen molar-refractivity contribution in [2.45, 2.75) is 38.5 Å². The number of ether oxygens (including phenoxy) is 1. The molecule has 0 aromatic heterocycles. The van der Waals surface area contributed by atoms with Crippen LogP contribution in [-0.4, -0.2) is 32.0 Å². The smallest absolute Gasteiger partial charge is 0.374 e. The van der Waals surface area contributed by atoms with Gasteiger partial charge in [0, 0.05) is 6.54 Å². The molecule has 0 aliphatic carbocycles. The van der Waals surface area contributed by atoms with Gasteiger partial charge in [0.1, 0.15) is 0 Å². The van der Waals surface area contributed by atoms with E-state index in [2.05, 4.69) is 5.32 Å². The SMILES string of the molecule is CCC(C)(CNC)OCCC(F)(F)F. The van der Waals surface area contributed by atoms with Crippen LogP contribution < -0.4 is 5.32 Å². The molecule has 0 bridgehead atoms. The van der Waals surface area contributed by atoms with E-state index < -0.39 is 18.2 Å². The molecule has 2 nitrogen and oxygen atoms in total. The van der Waals surface area contributed by atoms with Crippen LogP contribution in [0.5, 0.6) is 0 Å². The van der Waals surface area contributed by atoms with Gasteiger partial charge in [-0.25, -0.2) is 0 Å². The maximum absolute atomic E-state index is 11.8. The van der Waals surface area contributed by atoms with Gasteiger partial charge in [-0.3, -0.25) is 0 Å². The van der Waals surface area contributed by atoms with Gasteiger partial charge in [0.15, 0.2) is 0 Å². The first-order chi connectivity index (χ1) is 6.33. The molecule has 0 aliphatic rings. The first-order valence-electron chi connectivity index (χ1n) is 4.68. The van der Waals surface area contributed by atoms with Gasteiger partial charge in [-0.2, -0.15) is 13.2 Å². The number of hydrogen-bond acceptors (Lipinski definition) is 2. The Morgan fingerprint density at radius 3 is 2.21 bits per heavy atom. The average molecular weight is 213 g/mol. The van der Waals surface area contributed by atoms with Crippen molar-refractivity contribution in [3.8, 4) is 0 Å². The summed E-state index contributed by atoms with van der Waals surface area (Å²) in [6, 6.07) is 0. The molecule has 0 fully saturated rings. The zero-order valence-electron chi connectivity index (χ0n) is 8.87. The summed E-state index contributed by atoms with van der Waals surface area (Å²) in [4.78, 5) is 0. The fourth-order valence-electron chi connectivity index (χ4n) is 1.07. The van der Waals surface area contributed by atoms with Crippen LogP contribution in [0.3, 0.4) is 0 Å². The second-order valence-electron chi connectivity index (χ2n) is 3.55. The van der Waals surface area contributed by atoms with Gasteiger partial charge < -0.3 is 10.1 Å². The van der Waals surface area contributed by atoms with E-state index in [1.54, 1.807) is 14.0 Å². The highest BCUT2D eigenvalue weighted by Gasteiger charge is 2.29. The van der Waals surface area contributed by atoms with Crippen LogP contribution in [0.15, 0.2) is 0 Å². The molecule has 86 valence electrons. The Balaban J connectivity index is 3.84. The molecule has 0 saturated carbocycles. The maximum atomic E-state index is 11.8. The van der Waals surface area contributed by atoms with Crippen LogP contribution in [0.25, 0.3) is 0 Å². The van der Waals surface area contributed by atoms with Crippen molar-refractivity contribution in [1.29, 1.82) is 0 Å². The minimum Gasteiger partial charge on any atom is -0.374 e. The van der Waals surface area contributed by atoms with Gasteiger partial charge in [0.2, 0.25) is 0 Å². The number of nitrogens with one attached hydrogen (secondary N) is 1. The molecule has 0 aliphatic heterocycles. The van der Waals surface area contributed by atoms with Gasteiger partial charge in [0.25, 0.3) is 0 Å². The Morgan fingerprint density at radius 1 is 1.29 bits per heavy atom. The monoisotopic (exact) mass is 213 g/mol. The summed E-state index contributed by atoms with van der Waals surface area (Å²) in [7, 11) is 1.75. The zero-order valence-corrected chi connectivity index (χ0v) is 8.87. The maximum Gasteiger partial charge on any atom is 0.391 e. The summed E-state index contributed by atoms with van der Waals surface area (Å²) < 4.78 is 40.7. The Morgan fingerprint density at radius 2 is 1.86 bits per heavy atom. The Labute approximate surface area is 82.8 Å². The molecule has 5 heteroatoms. The van der Waals surface area contributed by atoms with E-state index >= 15 is 0 Å². The van der Waals surface area contributed by atoms with Crippen LogP contribution in [-0.2, 0) is 4.74 Å². The van der Waals surface area contributed by atoms with Crippen molar-refractivity contribution in [3.05, 3.63) is 0 Å². The van der Waals surface area contributed by atoms with E-state index in [0.29, 0.717) is 13.0 Å². The molecule has 1 atom stereocenters. The number of hydrogen-bond donors (Lipinski definition) is 1. The summed E-state index contributed by atoms with van der Waals surface area (Å²) in [5, 5.41) is 2.90. The van der Waals surface area contributed by atoms with Crippen molar-refractivity contribution in [1.82, 2.24) is 5.32 Å². The van der Waals surface area contributed by atoms with E-state index in [1.807, 2.05) is 6.92 Å². The third kappa shape index (κ3) is 6.21. The predicted molar refractivity (Wildman–Crippen MR) is 49.2 cm³/mol. The molecule has 0 aromatic carbocycles. The quantitative estimate of drug-likeness (QED) is 0.731. The molecule has 0 aromatic rings. The van der Waals surface area contributed by atoms with Crippen molar-refractivity contribution < 1.29 is 17.9 Å². The summed E-state index contributed by atoms with van der Waals surface area (Å²) in [5.74, 6) is 0. The molecule has 0 amide bonds. The Hall–Kier alpha value is -0.290. The number of likely N-dealkylation sites (N-methyl/N-ethyl adjacent to an activating group) is 1. The average Bonchev–Trinajstić information content (AvgIpc) is 2.02. The third-order valence-corrected chi connectivity index (χ3v) is 2.13. The van der Waals surface area contributed by atoms with Gasteiger partial charge in [-0.15, -0.1) is 0 Å². The van der Waals surface area contributed by atoms with Crippen LogP contribution in [0.1, 0.15) is 26.7 Å². The molecule has 0 rings (SSSR count). The summed E-state index contributed by atoms with van der Waals surface area (Å²) in [6.07, 6.45) is -4.33. The van der Waals surface area contributed by atoms with Gasteiger partial charge in [-0.05, 0) is 20.4 Å². The minimum absolute atomic E-state index is 0.268. The van der Waals surface area contributed by atoms with E-state index in [1.165, 1.54) is 0 Å². The van der Waals surface area contributed by atoms with Crippen molar-refractivity contribution in [2.75, 3.05) is 20.2 Å². The van der Waals surface area contributed by atoms with E-state index in [4.69, 9.17) is 4.74 Å². The van der Waals surface area contributed by atoms with Crippen molar-refractivity contribution in [3.63, 3.8) is 0 Å². The normalized spacial score (nSPS) is 16.7. The number of rotatable bonds is 6. The second-order valence-corrected chi connectivity index (χ2v) is 3.55. The topological polar surface area (TPSA) is 21.3 Å². The van der Waals surface area contributed by atoms with E-state index in [0.717, 1.165) is 0 Å². The van der Waals surface area contributed by atoms with Gasteiger partial charge in [-0.1, -0.05) is 6.92 Å². The lowest BCUT2D eigenvalue weighted by Crippen LogP contribution is -2.39. The first kappa shape index (κ1) is 13.7. The Bertz CT molecular complexity index is 161. The molecule has 0 heterocycles. The largest absolute Gasteiger partial charge is 0.391 e. The lowest BCUT2D eigenvalue weighted by molar-refractivity contribution is -0.156. The Kier molecular flexibility index (Phi) is 5.44. The lowest BCUT2D eigenvalue weighted by atomic mass is 10.0. The molecule has 0 radical (unpaired) electrons. The molecular formula is C9H18F3NO. The minimum atomic E-state index is -4.13. The first-order valence-corrected chi connectivity index (χ1v) is 4.68. The zero-order chi connectivity index (χ0) is 11.2. The fraction of sp³-hybridized carbons (Fsp3) is 1.00. The fourth-order valence-corrected chi connectivity index (χ4v) is 1.07. The molecule has 14 heavy (non-hydrogen) atoms. The number of alkyl halides is 3. The molecule has 1 N–H and O–H groups in total. The molecule has 1 unspecified atom stereocenters. The van der Waals surface area contributed by atoms with Crippen LogP contribution in [0, 0.1) is 0 Å². The van der Waals surface area contributed by atoms with E-state index in [-0.39, 0.29) is 6.61 Å². The lowest BCUT2D eigenvalue weighted by Gasteiger charge is -2.28. The highest BCUT2D eigenvalue weighted by Crippen LogP contribution is 2.21. The standard InChI is InChI=1S/C9H18F3NO/c1-4-8(2,7-13-3)14-6-5-9(10,11)12/h13H,4-7H2,1-3H3.